The molecule has 8 nitrogen and oxygen atoms in total. The molecule has 166 valence electrons. The predicted octanol–water partition coefficient (Wildman–Crippen LogP) is 3.25. The van der Waals surface area contributed by atoms with Gasteiger partial charge in [-0.05, 0) is 37.8 Å². The summed E-state index contributed by atoms with van der Waals surface area (Å²) in [5.41, 5.74) is 1.92. The van der Waals surface area contributed by atoms with Crippen LogP contribution in [0.4, 0.5) is 4.79 Å². The number of rotatable bonds is 6. The molecule has 1 N–H and O–H groups in total. The molecule has 1 aromatic carbocycles. The number of ether oxygens (including phenoxy) is 2. The first-order valence-corrected chi connectivity index (χ1v) is 10.7. The number of amides is 2. The van der Waals surface area contributed by atoms with Gasteiger partial charge in [0.15, 0.2) is 6.61 Å². The Balaban J connectivity index is 1.55. The summed E-state index contributed by atoms with van der Waals surface area (Å²) in [5, 5.41) is 3.57. The van der Waals surface area contributed by atoms with Crippen molar-refractivity contribution in [2.45, 2.75) is 45.6 Å². The number of nitrogens with one attached hydrogen (secondary N) is 1. The number of esters is 1. The molecule has 31 heavy (non-hydrogen) atoms. The second kappa shape index (κ2) is 10.2. The SMILES string of the molecule is CCOC(=O)N1CCC(NC(=O)COC(=O)c2cc(C(C)C)nc3ccccc23)CC1. The van der Waals surface area contributed by atoms with Crippen molar-refractivity contribution in [2.24, 2.45) is 0 Å². The number of likely N-dealkylation sites (tertiary alicyclic amines) is 1. The second-order valence-corrected chi connectivity index (χ2v) is 7.87. The van der Waals surface area contributed by atoms with Crippen LogP contribution < -0.4 is 5.32 Å². The number of carbonyl (C=O) groups is 3. The molecule has 1 aliphatic rings. The van der Waals surface area contributed by atoms with E-state index in [4.69, 9.17) is 9.47 Å². The molecular formula is C23H29N3O5. The molecule has 0 spiro atoms. The fourth-order valence-corrected chi connectivity index (χ4v) is 3.56. The van der Waals surface area contributed by atoms with Crippen LogP contribution >= 0.6 is 0 Å². The second-order valence-electron chi connectivity index (χ2n) is 7.87. The fraction of sp³-hybridized carbons (Fsp3) is 0.478. The van der Waals surface area contributed by atoms with E-state index < -0.39 is 5.97 Å². The Morgan fingerprint density at radius 1 is 1.16 bits per heavy atom. The zero-order chi connectivity index (χ0) is 22.4. The van der Waals surface area contributed by atoms with Gasteiger partial charge >= 0.3 is 12.1 Å². The summed E-state index contributed by atoms with van der Waals surface area (Å²) in [5.74, 6) is -0.752. The largest absolute Gasteiger partial charge is 0.452 e. The number of fused-ring (bicyclic) bond motifs is 1. The van der Waals surface area contributed by atoms with Gasteiger partial charge in [-0.2, -0.15) is 0 Å². The summed E-state index contributed by atoms with van der Waals surface area (Å²) >= 11 is 0. The summed E-state index contributed by atoms with van der Waals surface area (Å²) in [4.78, 5) is 43.0. The van der Waals surface area contributed by atoms with Gasteiger partial charge in [0.25, 0.3) is 5.91 Å². The minimum Gasteiger partial charge on any atom is -0.452 e. The molecule has 8 heteroatoms. The average Bonchev–Trinajstić information content (AvgIpc) is 2.77. The van der Waals surface area contributed by atoms with Crippen LogP contribution in [0.25, 0.3) is 10.9 Å². The number of para-hydroxylation sites is 1. The van der Waals surface area contributed by atoms with E-state index in [0.29, 0.717) is 43.5 Å². The number of nitrogens with zero attached hydrogens (tertiary/aromatic N) is 2. The molecule has 0 unspecified atom stereocenters. The summed E-state index contributed by atoms with van der Waals surface area (Å²) in [6.45, 7) is 6.80. The number of pyridine rings is 1. The lowest BCUT2D eigenvalue weighted by Crippen LogP contribution is -2.47. The van der Waals surface area contributed by atoms with Gasteiger partial charge in [0, 0.05) is 30.2 Å². The van der Waals surface area contributed by atoms with E-state index in [9.17, 15) is 14.4 Å². The molecule has 1 aliphatic heterocycles. The minimum absolute atomic E-state index is 0.0637. The number of piperidine rings is 1. The van der Waals surface area contributed by atoms with Gasteiger partial charge in [-0.15, -0.1) is 0 Å². The van der Waals surface area contributed by atoms with Gasteiger partial charge in [-0.3, -0.25) is 9.78 Å². The Bertz CT molecular complexity index is 951. The number of benzene rings is 1. The van der Waals surface area contributed by atoms with E-state index in [1.165, 1.54) is 0 Å². The number of carbonyl (C=O) groups excluding carboxylic acids is 3. The molecule has 3 rings (SSSR count). The van der Waals surface area contributed by atoms with Crippen molar-refractivity contribution in [3.63, 3.8) is 0 Å². The van der Waals surface area contributed by atoms with E-state index in [1.807, 2.05) is 38.1 Å². The Morgan fingerprint density at radius 3 is 2.55 bits per heavy atom. The highest BCUT2D eigenvalue weighted by Crippen LogP contribution is 2.23. The van der Waals surface area contributed by atoms with Crippen LogP contribution in [0.5, 0.6) is 0 Å². The van der Waals surface area contributed by atoms with Crippen molar-refractivity contribution >= 4 is 28.9 Å². The van der Waals surface area contributed by atoms with Crippen LogP contribution in [0.3, 0.4) is 0 Å². The quantitative estimate of drug-likeness (QED) is 0.711. The standard InChI is InChI=1S/C23H29N3O5/c1-4-30-23(29)26-11-9-16(10-12-26)24-21(27)14-31-22(28)18-13-20(15(2)3)25-19-8-6-5-7-17(18)19/h5-8,13,15-16H,4,9-12,14H2,1-3H3,(H,24,27). The van der Waals surface area contributed by atoms with Gasteiger partial charge < -0.3 is 19.7 Å². The molecule has 0 radical (unpaired) electrons. The lowest BCUT2D eigenvalue weighted by atomic mass is 10.0. The third kappa shape index (κ3) is 5.71. The van der Waals surface area contributed by atoms with Crippen LogP contribution in [0.1, 0.15) is 55.6 Å². The highest BCUT2D eigenvalue weighted by molar-refractivity contribution is 6.04. The molecule has 1 fully saturated rings. The van der Waals surface area contributed by atoms with Crippen molar-refractivity contribution in [2.75, 3.05) is 26.3 Å². The zero-order valence-corrected chi connectivity index (χ0v) is 18.2. The summed E-state index contributed by atoms with van der Waals surface area (Å²) in [6, 6.07) is 9.05. The molecular weight excluding hydrogens is 398 g/mol. The normalized spacial score (nSPS) is 14.5. The van der Waals surface area contributed by atoms with E-state index in [0.717, 1.165) is 11.2 Å². The Labute approximate surface area is 181 Å². The first kappa shape index (κ1) is 22.5. The Hall–Kier alpha value is -3.16. The van der Waals surface area contributed by atoms with E-state index in [-0.39, 0.29) is 30.6 Å². The van der Waals surface area contributed by atoms with Crippen LogP contribution in [-0.4, -0.2) is 60.2 Å². The van der Waals surface area contributed by atoms with Crippen molar-refractivity contribution < 1.29 is 23.9 Å². The number of hydrogen-bond donors (Lipinski definition) is 1. The third-order valence-electron chi connectivity index (χ3n) is 5.27. The predicted molar refractivity (Wildman–Crippen MR) is 116 cm³/mol. The smallest absolute Gasteiger partial charge is 0.409 e. The maximum atomic E-state index is 12.7. The van der Waals surface area contributed by atoms with Crippen molar-refractivity contribution in [3.8, 4) is 0 Å². The molecule has 2 amide bonds. The van der Waals surface area contributed by atoms with Gasteiger partial charge in [-0.25, -0.2) is 9.59 Å². The van der Waals surface area contributed by atoms with E-state index in [1.54, 1.807) is 17.9 Å². The van der Waals surface area contributed by atoms with E-state index >= 15 is 0 Å². The van der Waals surface area contributed by atoms with Gasteiger partial charge in [-0.1, -0.05) is 32.0 Å². The minimum atomic E-state index is -0.548. The summed E-state index contributed by atoms with van der Waals surface area (Å²) in [7, 11) is 0. The summed E-state index contributed by atoms with van der Waals surface area (Å²) in [6.07, 6.45) is 0.933. The lowest BCUT2D eigenvalue weighted by molar-refractivity contribution is -0.125. The molecule has 1 saturated heterocycles. The number of hydrogen-bond acceptors (Lipinski definition) is 6. The van der Waals surface area contributed by atoms with Crippen LogP contribution in [-0.2, 0) is 14.3 Å². The average molecular weight is 428 g/mol. The topological polar surface area (TPSA) is 97.8 Å². The fourth-order valence-electron chi connectivity index (χ4n) is 3.56. The van der Waals surface area contributed by atoms with E-state index in [2.05, 4.69) is 10.3 Å². The van der Waals surface area contributed by atoms with Crippen LogP contribution in [0.2, 0.25) is 0 Å². The van der Waals surface area contributed by atoms with Crippen molar-refractivity contribution in [1.82, 2.24) is 15.2 Å². The molecule has 2 aromatic rings. The summed E-state index contributed by atoms with van der Waals surface area (Å²) < 4.78 is 10.3. The first-order chi connectivity index (χ1) is 14.9. The molecule has 1 aromatic heterocycles. The highest BCUT2D eigenvalue weighted by Gasteiger charge is 2.25. The first-order valence-electron chi connectivity index (χ1n) is 10.7. The van der Waals surface area contributed by atoms with Gasteiger partial charge in [0.2, 0.25) is 0 Å². The maximum Gasteiger partial charge on any atom is 0.409 e. The Kier molecular flexibility index (Phi) is 7.44. The van der Waals surface area contributed by atoms with Gasteiger partial charge in [0.1, 0.15) is 0 Å². The lowest BCUT2D eigenvalue weighted by Gasteiger charge is -2.31. The highest BCUT2D eigenvalue weighted by atomic mass is 16.6. The molecule has 0 bridgehead atoms. The molecule has 2 heterocycles. The zero-order valence-electron chi connectivity index (χ0n) is 18.2. The molecule has 0 aliphatic carbocycles. The molecule has 0 atom stereocenters. The van der Waals surface area contributed by atoms with Gasteiger partial charge in [0.05, 0.1) is 17.7 Å². The van der Waals surface area contributed by atoms with Crippen LogP contribution in [0, 0.1) is 0 Å². The van der Waals surface area contributed by atoms with Crippen molar-refractivity contribution in [1.29, 1.82) is 0 Å². The van der Waals surface area contributed by atoms with Crippen LogP contribution in [0.15, 0.2) is 30.3 Å². The monoisotopic (exact) mass is 427 g/mol. The maximum absolute atomic E-state index is 12.7. The third-order valence-corrected chi connectivity index (χ3v) is 5.27. The van der Waals surface area contributed by atoms with Crippen molar-refractivity contribution in [3.05, 3.63) is 41.6 Å². The Morgan fingerprint density at radius 2 is 1.87 bits per heavy atom. The number of aromatic nitrogens is 1. The molecule has 0 saturated carbocycles.